The van der Waals surface area contributed by atoms with Crippen LogP contribution in [0.5, 0.6) is 11.5 Å². The number of nitrogens with zero attached hydrogens (tertiary/aromatic N) is 2. The van der Waals surface area contributed by atoms with Crippen molar-refractivity contribution in [1.82, 2.24) is 9.13 Å². The Balaban J connectivity index is 1.17. The first-order valence-electron chi connectivity index (χ1n) is 14.7. The summed E-state index contributed by atoms with van der Waals surface area (Å²) in [6.07, 6.45) is 0. The molecule has 1 aliphatic rings. The summed E-state index contributed by atoms with van der Waals surface area (Å²) in [6, 6.07) is 52.4. The van der Waals surface area contributed by atoms with Gasteiger partial charge < -0.3 is 13.9 Å². The summed E-state index contributed by atoms with van der Waals surface area (Å²) in [5, 5.41) is 7.49. The van der Waals surface area contributed by atoms with Crippen LogP contribution in [-0.4, -0.2) is 9.13 Å². The Morgan fingerprint density at radius 3 is 1.86 bits per heavy atom. The molecule has 0 N–H and O–H groups in total. The van der Waals surface area contributed by atoms with Crippen molar-refractivity contribution in [2.75, 3.05) is 0 Å². The molecule has 0 bridgehead atoms. The van der Waals surface area contributed by atoms with E-state index in [0.29, 0.717) is 0 Å². The molecule has 0 unspecified atom stereocenters. The largest absolute Gasteiger partial charge is 0.453 e. The monoisotopic (exact) mass is 548 g/mol. The third-order valence-corrected chi connectivity index (χ3v) is 9.06. The lowest BCUT2D eigenvalue weighted by Crippen LogP contribution is -2.03. The molecule has 43 heavy (non-hydrogen) atoms. The molecule has 10 rings (SSSR count). The summed E-state index contributed by atoms with van der Waals surface area (Å²) in [7, 11) is 0. The van der Waals surface area contributed by atoms with E-state index >= 15 is 0 Å². The van der Waals surface area contributed by atoms with Crippen LogP contribution in [0.4, 0.5) is 0 Å². The Bertz CT molecular complexity index is 2580. The van der Waals surface area contributed by atoms with Gasteiger partial charge in [0, 0.05) is 27.2 Å². The lowest BCUT2D eigenvalue weighted by molar-refractivity contribution is 0.476. The molecule has 0 aliphatic carbocycles. The lowest BCUT2D eigenvalue weighted by Gasteiger charge is -2.21. The van der Waals surface area contributed by atoms with Gasteiger partial charge in [0.15, 0.2) is 11.5 Å². The van der Waals surface area contributed by atoms with Crippen molar-refractivity contribution in [3.63, 3.8) is 0 Å². The summed E-state index contributed by atoms with van der Waals surface area (Å²) in [5.41, 5.74) is 9.28. The van der Waals surface area contributed by atoms with Gasteiger partial charge in [0.1, 0.15) is 0 Å². The summed E-state index contributed by atoms with van der Waals surface area (Å²) < 4.78 is 11.3. The Kier molecular flexibility index (Phi) is 4.45. The molecule has 0 fully saturated rings. The van der Waals surface area contributed by atoms with E-state index in [0.717, 1.165) is 39.5 Å². The Morgan fingerprint density at radius 1 is 0.395 bits per heavy atom. The molecule has 0 atom stereocenters. The van der Waals surface area contributed by atoms with Gasteiger partial charge in [0.2, 0.25) is 0 Å². The first kappa shape index (κ1) is 22.8. The molecule has 9 aromatic rings. The van der Waals surface area contributed by atoms with Gasteiger partial charge in [-0.05, 0) is 82.6 Å². The normalized spacial score (nSPS) is 12.4. The van der Waals surface area contributed by atoms with E-state index in [1.165, 1.54) is 48.9 Å². The van der Waals surface area contributed by atoms with Gasteiger partial charge >= 0.3 is 0 Å². The number of fused-ring (bicyclic) bond motifs is 9. The zero-order chi connectivity index (χ0) is 28.1. The fourth-order valence-electron chi connectivity index (χ4n) is 7.14. The third kappa shape index (κ3) is 3.14. The van der Waals surface area contributed by atoms with Gasteiger partial charge in [-0.25, -0.2) is 0 Å². The van der Waals surface area contributed by atoms with Gasteiger partial charge in [-0.15, -0.1) is 0 Å². The zero-order valence-electron chi connectivity index (χ0n) is 23.2. The van der Waals surface area contributed by atoms with Crippen LogP contribution in [0.25, 0.3) is 76.9 Å². The molecule has 0 spiro atoms. The van der Waals surface area contributed by atoms with Crippen LogP contribution >= 0.6 is 0 Å². The average molecular weight is 549 g/mol. The first-order valence-corrected chi connectivity index (χ1v) is 14.7. The van der Waals surface area contributed by atoms with Crippen molar-refractivity contribution in [2.24, 2.45) is 0 Å². The number of hydrogen-bond acceptors (Lipinski definition) is 1. The van der Waals surface area contributed by atoms with Crippen molar-refractivity contribution in [3.8, 4) is 34.0 Å². The average Bonchev–Trinajstić information content (AvgIpc) is 3.57. The zero-order valence-corrected chi connectivity index (χ0v) is 23.2. The number of benzene rings is 7. The Hall–Kier alpha value is -5.80. The van der Waals surface area contributed by atoms with E-state index in [9.17, 15) is 0 Å². The number of ether oxygens (including phenoxy) is 1. The molecule has 0 amide bonds. The minimum Gasteiger partial charge on any atom is -0.453 e. The van der Waals surface area contributed by atoms with Crippen molar-refractivity contribution in [1.29, 1.82) is 0 Å². The third-order valence-electron chi connectivity index (χ3n) is 9.06. The number of rotatable bonds is 2. The molecule has 200 valence electrons. The van der Waals surface area contributed by atoms with Crippen LogP contribution in [0.15, 0.2) is 146 Å². The fourth-order valence-corrected chi connectivity index (χ4v) is 7.14. The predicted octanol–water partition coefficient (Wildman–Crippen LogP) is 10.8. The molecule has 2 aromatic heterocycles. The molecule has 3 heterocycles. The lowest BCUT2D eigenvalue weighted by atomic mass is 10.0. The van der Waals surface area contributed by atoms with Crippen LogP contribution in [0.1, 0.15) is 0 Å². The maximum Gasteiger partial charge on any atom is 0.152 e. The van der Waals surface area contributed by atoms with Crippen molar-refractivity contribution in [2.45, 2.75) is 0 Å². The van der Waals surface area contributed by atoms with Crippen molar-refractivity contribution >= 4 is 54.4 Å². The molecule has 0 saturated carbocycles. The fraction of sp³-hybridized carbons (Fsp3) is 0. The second kappa shape index (κ2) is 8.37. The molecule has 1 aliphatic heterocycles. The second-order valence-electron chi connectivity index (χ2n) is 11.4. The highest BCUT2D eigenvalue weighted by Crippen LogP contribution is 2.47. The van der Waals surface area contributed by atoms with Gasteiger partial charge in [-0.1, -0.05) is 84.9 Å². The first-order chi connectivity index (χ1) is 21.3. The molecule has 0 saturated heterocycles. The highest BCUT2D eigenvalue weighted by molar-refractivity contribution is 6.14. The maximum atomic E-state index is 6.53. The molecule has 0 radical (unpaired) electrons. The van der Waals surface area contributed by atoms with Gasteiger partial charge in [0.25, 0.3) is 0 Å². The van der Waals surface area contributed by atoms with Gasteiger partial charge in [0.05, 0.1) is 27.8 Å². The SMILES string of the molecule is c1ccc2c(c1)Oc1cc(-c3ccc(-n4c5ccccc5c5cc6ccccc6cc54)cc3)cc3c4ccccc4n-2c13. The van der Waals surface area contributed by atoms with E-state index in [1.54, 1.807) is 0 Å². The summed E-state index contributed by atoms with van der Waals surface area (Å²) in [5.74, 6) is 1.77. The Labute approximate surface area is 247 Å². The van der Waals surface area contributed by atoms with Crippen LogP contribution < -0.4 is 4.74 Å². The number of aromatic nitrogens is 2. The minimum atomic E-state index is 0.879. The van der Waals surface area contributed by atoms with E-state index in [2.05, 4.69) is 149 Å². The summed E-state index contributed by atoms with van der Waals surface area (Å²) >= 11 is 0. The van der Waals surface area contributed by atoms with E-state index in [1.807, 2.05) is 6.07 Å². The van der Waals surface area contributed by atoms with E-state index in [4.69, 9.17) is 4.74 Å². The summed E-state index contributed by atoms with van der Waals surface area (Å²) in [6.45, 7) is 0. The molecule has 3 nitrogen and oxygen atoms in total. The minimum absolute atomic E-state index is 0.879. The van der Waals surface area contributed by atoms with Crippen LogP contribution in [-0.2, 0) is 0 Å². The quantitative estimate of drug-likeness (QED) is 0.210. The molecular formula is C40H24N2O. The highest BCUT2D eigenvalue weighted by Gasteiger charge is 2.24. The van der Waals surface area contributed by atoms with Crippen LogP contribution in [0.3, 0.4) is 0 Å². The van der Waals surface area contributed by atoms with E-state index < -0.39 is 0 Å². The van der Waals surface area contributed by atoms with Crippen molar-refractivity contribution < 1.29 is 4.74 Å². The maximum absolute atomic E-state index is 6.53. The van der Waals surface area contributed by atoms with E-state index in [-0.39, 0.29) is 0 Å². The van der Waals surface area contributed by atoms with Gasteiger partial charge in [-0.2, -0.15) is 0 Å². The number of para-hydroxylation sites is 4. The molecule has 3 heteroatoms. The topological polar surface area (TPSA) is 19.1 Å². The van der Waals surface area contributed by atoms with Crippen molar-refractivity contribution in [3.05, 3.63) is 146 Å². The standard InChI is InChI=1S/C40H24N2O/c1-2-10-27-23-37-32(21-26(27)9-1)30-11-3-5-13-34(30)41(37)29-19-17-25(18-20-29)28-22-33-31-12-4-6-14-35(31)42-36-15-7-8-16-38(36)43-39(24-28)40(33)42/h1-24H. The second-order valence-corrected chi connectivity index (χ2v) is 11.4. The predicted molar refractivity (Wildman–Crippen MR) is 178 cm³/mol. The highest BCUT2D eigenvalue weighted by atomic mass is 16.5. The molecule has 7 aromatic carbocycles. The van der Waals surface area contributed by atoms with Crippen LogP contribution in [0.2, 0.25) is 0 Å². The molecular weight excluding hydrogens is 524 g/mol. The van der Waals surface area contributed by atoms with Crippen LogP contribution in [0, 0.1) is 0 Å². The van der Waals surface area contributed by atoms with Gasteiger partial charge in [-0.3, -0.25) is 0 Å². The Morgan fingerprint density at radius 2 is 1.05 bits per heavy atom. The number of hydrogen-bond donors (Lipinski definition) is 0. The smallest absolute Gasteiger partial charge is 0.152 e. The summed E-state index contributed by atoms with van der Waals surface area (Å²) in [4.78, 5) is 0.